The van der Waals surface area contributed by atoms with Crippen molar-refractivity contribution >= 4 is 5.97 Å². The maximum atomic E-state index is 10.7. The van der Waals surface area contributed by atoms with Crippen molar-refractivity contribution in [1.82, 2.24) is 0 Å². The molecule has 9 heavy (non-hydrogen) atoms. The molecule has 1 aliphatic carbocycles. The van der Waals surface area contributed by atoms with Crippen LogP contribution in [-0.4, -0.2) is 13.1 Å². The predicted molar refractivity (Wildman–Crippen MR) is 33.9 cm³/mol. The Bertz CT molecular complexity index is 162. The van der Waals surface area contributed by atoms with Crippen LogP contribution in [0.3, 0.4) is 0 Å². The summed E-state index contributed by atoms with van der Waals surface area (Å²) in [6, 6.07) is 0. The molecular formula is C7H10O2. The zero-order valence-electron chi connectivity index (χ0n) is 5.73. The highest BCUT2D eigenvalue weighted by Crippen LogP contribution is 2.31. The van der Waals surface area contributed by atoms with Gasteiger partial charge in [0.25, 0.3) is 0 Å². The molecule has 0 amide bonds. The van der Waals surface area contributed by atoms with Gasteiger partial charge in [0.1, 0.15) is 0 Å². The van der Waals surface area contributed by atoms with Crippen LogP contribution in [0.15, 0.2) is 11.1 Å². The summed E-state index contributed by atoms with van der Waals surface area (Å²) in [5, 5.41) is 0. The van der Waals surface area contributed by atoms with E-state index in [-0.39, 0.29) is 5.97 Å². The highest BCUT2D eigenvalue weighted by Gasteiger charge is 2.19. The van der Waals surface area contributed by atoms with Gasteiger partial charge < -0.3 is 4.74 Å². The number of esters is 1. The maximum absolute atomic E-state index is 10.7. The first-order valence-electron chi connectivity index (χ1n) is 3.02. The summed E-state index contributed by atoms with van der Waals surface area (Å²) < 4.78 is 4.52. The lowest BCUT2D eigenvalue weighted by atomic mass is 10.3. The molecule has 0 aromatic rings. The van der Waals surface area contributed by atoms with E-state index >= 15 is 0 Å². The van der Waals surface area contributed by atoms with E-state index in [1.165, 1.54) is 12.7 Å². The minimum atomic E-state index is -0.178. The number of allylic oxidation sites excluding steroid dienone is 1. The molecule has 1 saturated carbocycles. The van der Waals surface area contributed by atoms with Crippen LogP contribution in [0.1, 0.15) is 19.8 Å². The number of methoxy groups -OCH3 is 1. The standard InChI is InChI=1S/C7H10O2/c1-5(6-3-4-6)7(8)9-2/h3-4H2,1-2H3. The van der Waals surface area contributed by atoms with Crippen LogP contribution in [0.5, 0.6) is 0 Å². The van der Waals surface area contributed by atoms with Crippen molar-refractivity contribution in [1.29, 1.82) is 0 Å². The molecule has 0 heterocycles. The lowest BCUT2D eigenvalue weighted by Crippen LogP contribution is -2.00. The molecule has 0 N–H and O–H groups in total. The van der Waals surface area contributed by atoms with Crippen LogP contribution in [0.2, 0.25) is 0 Å². The molecule has 0 spiro atoms. The summed E-state index contributed by atoms with van der Waals surface area (Å²) in [4.78, 5) is 10.7. The van der Waals surface area contributed by atoms with Crippen molar-refractivity contribution in [3.63, 3.8) is 0 Å². The highest BCUT2D eigenvalue weighted by atomic mass is 16.5. The van der Waals surface area contributed by atoms with Crippen LogP contribution in [0.25, 0.3) is 0 Å². The fourth-order valence-corrected chi connectivity index (χ4v) is 0.735. The first-order chi connectivity index (χ1) is 4.25. The second-order valence-electron chi connectivity index (χ2n) is 2.22. The Morgan fingerprint density at radius 3 is 2.44 bits per heavy atom. The second kappa shape index (κ2) is 2.21. The number of carbonyl (C=O) groups excluding carboxylic acids is 1. The molecule has 50 valence electrons. The van der Waals surface area contributed by atoms with Gasteiger partial charge in [-0.15, -0.1) is 0 Å². The summed E-state index contributed by atoms with van der Waals surface area (Å²) in [6.07, 6.45) is 2.17. The Kier molecular flexibility index (Phi) is 1.56. The Hall–Kier alpha value is -0.790. The molecule has 0 aromatic carbocycles. The molecule has 0 radical (unpaired) electrons. The van der Waals surface area contributed by atoms with Crippen LogP contribution in [0.4, 0.5) is 0 Å². The van der Waals surface area contributed by atoms with Crippen LogP contribution in [0, 0.1) is 0 Å². The molecule has 0 atom stereocenters. The molecule has 0 saturated heterocycles. The summed E-state index contributed by atoms with van der Waals surface area (Å²) in [5.74, 6) is -0.178. The van der Waals surface area contributed by atoms with E-state index in [0.29, 0.717) is 0 Å². The van der Waals surface area contributed by atoms with Crippen LogP contribution >= 0.6 is 0 Å². The van der Waals surface area contributed by atoms with Gasteiger partial charge in [-0.3, -0.25) is 0 Å². The van der Waals surface area contributed by atoms with E-state index in [1.54, 1.807) is 0 Å². The molecule has 0 aliphatic heterocycles. The first kappa shape index (κ1) is 6.33. The van der Waals surface area contributed by atoms with E-state index in [9.17, 15) is 4.79 Å². The summed E-state index contributed by atoms with van der Waals surface area (Å²) in [6.45, 7) is 1.81. The monoisotopic (exact) mass is 126 g/mol. The predicted octanol–water partition coefficient (Wildman–Crippen LogP) is 1.27. The van der Waals surface area contributed by atoms with Crippen molar-refractivity contribution in [2.75, 3.05) is 7.11 Å². The topological polar surface area (TPSA) is 26.3 Å². The average molecular weight is 126 g/mol. The van der Waals surface area contributed by atoms with Gasteiger partial charge in [0.05, 0.1) is 7.11 Å². The Morgan fingerprint density at radius 2 is 2.11 bits per heavy atom. The Balaban J connectivity index is 2.61. The average Bonchev–Trinajstić information content (AvgIpc) is 2.66. The third-order valence-electron chi connectivity index (χ3n) is 1.52. The molecule has 1 fully saturated rings. The van der Waals surface area contributed by atoms with Gasteiger partial charge in [0.15, 0.2) is 0 Å². The smallest absolute Gasteiger partial charge is 0.333 e. The van der Waals surface area contributed by atoms with E-state index in [4.69, 9.17) is 0 Å². The number of rotatable bonds is 1. The van der Waals surface area contributed by atoms with E-state index in [1.807, 2.05) is 6.92 Å². The van der Waals surface area contributed by atoms with Gasteiger partial charge in [-0.05, 0) is 19.8 Å². The minimum absolute atomic E-state index is 0.178. The largest absolute Gasteiger partial charge is 0.466 e. The summed E-state index contributed by atoms with van der Waals surface area (Å²) >= 11 is 0. The summed E-state index contributed by atoms with van der Waals surface area (Å²) in [7, 11) is 1.41. The number of hydrogen-bond donors (Lipinski definition) is 0. The highest BCUT2D eigenvalue weighted by molar-refractivity contribution is 5.89. The van der Waals surface area contributed by atoms with E-state index < -0.39 is 0 Å². The van der Waals surface area contributed by atoms with Crippen LogP contribution in [-0.2, 0) is 9.53 Å². The van der Waals surface area contributed by atoms with Gasteiger partial charge in [0, 0.05) is 5.57 Å². The number of carbonyl (C=O) groups is 1. The molecule has 0 aromatic heterocycles. The third-order valence-corrected chi connectivity index (χ3v) is 1.52. The molecule has 2 nitrogen and oxygen atoms in total. The molecule has 0 unspecified atom stereocenters. The molecule has 0 bridgehead atoms. The normalized spacial score (nSPS) is 15.1. The lowest BCUT2D eigenvalue weighted by molar-refractivity contribution is -0.136. The van der Waals surface area contributed by atoms with Gasteiger partial charge in [-0.1, -0.05) is 5.57 Å². The summed E-state index contributed by atoms with van der Waals surface area (Å²) in [5.41, 5.74) is 2.05. The lowest BCUT2D eigenvalue weighted by Gasteiger charge is -1.94. The first-order valence-corrected chi connectivity index (χ1v) is 3.02. The zero-order chi connectivity index (χ0) is 6.85. The minimum Gasteiger partial charge on any atom is -0.466 e. The quantitative estimate of drug-likeness (QED) is 0.390. The number of ether oxygens (including phenoxy) is 1. The zero-order valence-corrected chi connectivity index (χ0v) is 5.73. The second-order valence-corrected chi connectivity index (χ2v) is 2.22. The van der Waals surface area contributed by atoms with Crippen LogP contribution < -0.4 is 0 Å². The fourth-order valence-electron chi connectivity index (χ4n) is 0.735. The van der Waals surface area contributed by atoms with Crippen molar-refractivity contribution in [2.45, 2.75) is 19.8 Å². The molecule has 2 heteroatoms. The van der Waals surface area contributed by atoms with Gasteiger partial charge in [-0.25, -0.2) is 4.79 Å². The van der Waals surface area contributed by atoms with Gasteiger partial charge in [-0.2, -0.15) is 0 Å². The third kappa shape index (κ3) is 1.31. The van der Waals surface area contributed by atoms with Crippen molar-refractivity contribution in [3.05, 3.63) is 11.1 Å². The SMILES string of the molecule is COC(=O)C(C)=C1CC1. The van der Waals surface area contributed by atoms with Gasteiger partial charge in [0.2, 0.25) is 0 Å². The molecule has 1 aliphatic rings. The maximum Gasteiger partial charge on any atom is 0.333 e. The molecule has 1 rings (SSSR count). The molecular weight excluding hydrogens is 116 g/mol. The van der Waals surface area contributed by atoms with Crippen molar-refractivity contribution in [3.8, 4) is 0 Å². The van der Waals surface area contributed by atoms with Gasteiger partial charge >= 0.3 is 5.97 Å². The van der Waals surface area contributed by atoms with Crippen molar-refractivity contribution in [2.24, 2.45) is 0 Å². The Morgan fingerprint density at radius 1 is 1.56 bits per heavy atom. The number of hydrogen-bond acceptors (Lipinski definition) is 2. The fraction of sp³-hybridized carbons (Fsp3) is 0.571. The van der Waals surface area contributed by atoms with E-state index in [0.717, 1.165) is 18.4 Å². The van der Waals surface area contributed by atoms with E-state index in [2.05, 4.69) is 4.74 Å². The van der Waals surface area contributed by atoms with Crippen molar-refractivity contribution < 1.29 is 9.53 Å². The Labute approximate surface area is 54.5 Å².